The van der Waals surface area contributed by atoms with E-state index in [1.165, 1.54) is 12.8 Å². The minimum Gasteiger partial charge on any atom is -0.389 e. The highest BCUT2D eigenvalue weighted by molar-refractivity contribution is 5.49. The Labute approximate surface area is 97.1 Å². The molecule has 1 fully saturated rings. The van der Waals surface area contributed by atoms with Gasteiger partial charge in [-0.25, -0.2) is 4.98 Å². The molecule has 16 heavy (non-hydrogen) atoms. The second-order valence-electron chi connectivity index (χ2n) is 4.52. The minimum absolute atomic E-state index is 0.443. The van der Waals surface area contributed by atoms with E-state index in [0.29, 0.717) is 6.04 Å². The average molecular weight is 220 g/mol. The number of aliphatic hydroxyl groups excluding tert-OH is 1. The molecule has 1 heterocycles. The number of aromatic nitrogens is 1. The van der Waals surface area contributed by atoms with Crippen LogP contribution in [0.4, 0.5) is 5.82 Å². The van der Waals surface area contributed by atoms with Crippen LogP contribution in [0.3, 0.4) is 0 Å². The summed E-state index contributed by atoms with van der Waals surface area (Å²) in [5.74, 6) is 0.974. The van der Waals surface area contributed by atoms with E-state index >= 15 is 0 Å². The van der Waals surface area contributed by atoms with Crippen molar-refractivity contribution in [2.45, 2.75) is 45.3 Å². The fraction of sp³-hybridized carbons (Fsp3) is 0.615. The van der Waals surface area contributed by atoms with Gasteiger partial charge in [-0.2, -0.15) is 0 Å². The normalized spacial score (nSPS) is 17.2. The van der Waals surface area contributed by atoms with Crippen molar-refractivity contribution in [3.8, 4) is 0 Å². The Morgan fingerprint density at radius 2 is 2.31 bits per heavy atom. The fourth-order valence-corrected chi connectivity index (χ4v) is 2.06. The van der Waals surface area contributed by atoms with E-state index < -0.39 is 6.10 Å². The third kappa shape index (κ3) is 2.35. The molecule has 0 aliphatic heterocycles. The minimum atomic E-state index is -0.443. The summed E-state index contributed by atoms with van der Waals surface area (Å²) in [5, 5.41) is 9.76. The molecule has 1 aromatic rings. The first-order valence-corrected chi connectivity index (χ1v) is 6.13. The van der Waals surface area contributed by atoms with Crippen molar-refractivity contribution >= 4 is 5.82 Å². The predicted molar refractivity (Wildman–Crippen MR) is 65.5 cm³/mol. The lowest BCUT2D eigenvalue weighted by molar-refractivity contribution is 0.199. The standard InChI is InChI=1S/C13H20N2O/c1-3-9-15(11-6-7-11)13-12(10(2)16)5-4-8-14-13/h4-5,8,10-11,16H,3,6-7,9H2,1-2H3/t10-/m0/s1. The molecule has 0 saturated heterocycles. The van der Waals surface area contributed by atoms with E-state index in [9.17, 15) is 5.11 Å². The van der Waals surface area contributed by atoms with Gasteiger partial charge < -0.3 is 10.0 Å². The van der Waals surface area contributed by atoms with E-state index in [2.05, 4.69) is 16.8 Å². The van der Waals surface area contributed by atoms with Crippen molar-refractivity contribution in [2.75, 3.05) is 11.4 Å². The molecule has 0 unspecified atom stereocenters. The van der Waals surface area contributed by atoms with Gasteiger partial charge in [0.1, 0.15) is 5.82 Å². The Bertz CT molecular complexity index is 348. The molecular formula is C13H20N2O. The number of aliphatic hydroxyl groups is 1. The highest BCUT2D eigenvalue weighted by Crippen LogP contribution is 2.34. The van der Waals surface area contributed by atoms with Gasteiger partial charge in [-0.3, -0.25) is 0 Å². The van der Waals surface area contributed by atoms with Gasteiger partial charge in [-0.1, -0.05) is 13.0 Å². The van der Waals surface area contributed by atoms with Gasteiger partial charge in [0.05, 0.1) is 6.10 Å². The van der Waals surface area contributed by atoms with E-state index in [-0.39, 0.29) is 0 Å². The highest BCUT2D eigenvalue weighted by atomic mass is 16.3. The maximum absolute atomic E-state index is 9.76. The van der Waals surface area contributed by atoms with E-state index in [1.54, 1.807) is 6.92 Å². The van der Waals surface area contributed by atoms with Crippen molar-refractivity contribution in [3.63, 3.8) is 0 Å². The smallest absolute Gasteiger partial charge is 0.134 e. The Hall–Kier alpha value is -1.09. The number of hydrogen-bond acceptors (Lipinski definition) is 3. The molecule has 0 aromatic carbocycles. The molecule has 0 radical (unpaired) electrons. The summed E-state index contributed by atoms with van der Waals surface area (Å²) in [6.45, 7) is 5.01. The molecular weight excluding hydrogens is 200 g/mol. The highest BCUT2D eigenvalue weighted by Gasteiger charge is 2.30. The maximum Gasteiger partial charge on any atom is 0.134 e. The molecule has 1 aliphatic carbocycles. The molecule has 0 spiro atoms. The van der Waals surface area contributed by atoms with E-state index in [4.69, 9.17) is 0 Å². The quantitative estimate of drug-likeness (QED) is 0.828. The average Bonchev–Trinajstić information content (AvgIpc) is 3.10. The number of rotatable bonds is 5. The summed E-state index contributed by atoms with van der Waals surface area (Å²) in [4.78, 5) is 6.80. The zero-order chi connectivity index (χ0) is 11.5. The van der Waals surface area contributed by atoms with Crippen LogP contribution in [0.15, 0.2) is 18.3 Å². The Morgan fingerprint density at radius 3 is 2.88 bits per heavy atom. The fourth-order valence-electron chi connectivity index (χ4n) is 2.06. The monoisotopic (exact) mass is 220 g/mol. The van der Waals surface area contributed by atoms with Crippen molar-refractivity contribution in [2.24, 2.45) is 0 Å². The molecule has 0 bridgehead atoms. The SMILES string of the molecule is CCCN(c1ncccc1[C@H](C)O)C1CC1. The van der Waals surface area contributed by atoms with Gasteiger partial charge in [0, 0.05) is 24.3 Å². The maximum atomic E-state index is 9.76. The Kier molecular flexibility index (Phi) is 3.44. The van der Waals surface area contributed by atoms with Gasteiger partial charge >= 0.3 is 0 Å². The second-order valence-corrected chi connectivity index (χ2v) is 4.52. The predicted octanol–water partition coefficient (Wildman–Crippen LogP) is 2.51. The van der Waals surface area contributed by atoms with Gasteiger partial charge in [0.15, 0.2) is 0 Å². The molecule has 3 heteroatoms. The van der Waals surface area contributed by atoms with Crippen LogP contribution >= 0.6 is 0 Å². The van der Waals surface area contributed by atoms with E-state index in [1.807, 2.05) is 18.3 Å². The summed E-state index contributed by atoms with van der Waals surface area (Å²) in [6, 6.07) is 4.51. The van der Waals surface area contributed by atoms with Crippen LogP contribution in [-0.4, -0.2) is 22.7 Å². The molecule has 1 saturated carbocycles. The largest absolute Gasteiger partial charge is 0.389 e. The molecule has 3 nitrogen and oxygen atoms in total. The lowest BCUT2D eigenvalue weighted by Gasteiger charge is -2.26. The zero-order valence-corrected chi connectivity index (χ0v) is 10.1. The first-order valence-electron chi connectivity index (χ1n) is 6.13. The van der Waals surface area contributed by atoms with Crippen molar-refractivity contribution in [1.82, 2.24) is 4.98 Å². The summed E-state index contributed by atoms with van der Waals surface area (Å²) < 4.78 is 0. The van der Waals surface area contributed by atoms with Crippen LogP contribution < -0.4 is 4.90 Å². The summed E-state index contributed by atoms with van der Waals surface area (Å²) in [6.07, 6.45) is 5.01. The lowest BCUT2D eigenvalue weighted by Crippen LogP contribution is -2.28. The number of pyridine rings is 1. The number of nitrogens with zero attached hydrogens (tertiary/aromatic N) is 2. The van der Waals surface area contributed by atoms with Crippen LogP contribution in [0.25, 0.3) is 0 Å². The van der Waals surface area contributed by atoms with Crippen molar-refractivity contribution in [1.29, 1.82) is 0 Å². The first-order chi connectivity index (χ1) is 7.74. The third-order valence-electron chi connectivity index (χ3n) is 2.99. The Balaban J connectivity index is 2.28. The van der Waals surface area contributed by atoms with Crippen molar-refractivity contribution in [3.05, 3.63) is 23.9 Å². The number of hydrogen-bond donors (Lipinski definition) is 1. The van der Waals surface area contributed by atoms with Crippen LogP contribution in [0.2, 0.25) is 0 Å². The molecule has 1 aliphatic rings. The van der Waals surface area contributed by atoms with Crippen LogP contribution in [0.5, 0.6) is 0 Å². The van der Waals surface area contributed by atoms with Gasteiger partial charge in [0.2, 0.25) is 0 Å². The summed E-state index contributed by atoms with van der Waals surface area (Å²) in [7, 11) is 0. The molecule has 1 aromatic heterocycles. The summed E-state index contributed by atoms with van der Waals surface area (Å²) in [5.41, 5.74) is 0.947. The summed E-state index contributed by atoms with van der Waals surface area (Å²) >= 11 is 0. The Morgan fingerprint density at radius 1 is 1.56 bits per heavy atom. The molecule has 2 rings (SSSR count). The third-order valence-corrected chi connectivity index (χ3v) is 2.99. The molecule has 88 valence electrons. The van der Waals surface area contributed by atoms with Crippen molar-refractivity contribution < 1.29 is 5.11 Å². The zero-order valence-electron chi connectivity index (χ0n) is 10.1. The van der Waals surface area contributed by atoms with Crippen LogP contribution in [0.1, 0.15) is 44.8 Å². The first kappa shape index (κ1) is 11.4. The van der Waals surface area contributed by atoms with Gasteiger partial charge in [-0.15, -0.1) is 0 Å². The topological polar surface area (TPSA) is 36.4 Å². The van der Waals surface area contributed by atoms with Crippen LogP contribution in [0, 0.1) is 0 Å². The molecule has 1 atom stereocenters. The second kappa shape index (κ2) is 4.83. The number of anilines is 1. The van der Waals surface area contributed by atoms with E-state index in [0.717, 1.165) is 24.3 Å². The molecule has 1 N–H and O–H groups in total. The van der Waals surface area contributed by atoms with Gasteiger partial charge in [-0.05, 0) is 32.3 Å². The lowest BCUT2D eigenvalue weighted by atomic mass is 10.1. The van der Waals surface area contributed by atoms with Crippen LogP contribution in [-0.2, 0) is 0 Å². The molecule has 0 amide bonds. The van der Waals surface area contributed by atoms with Gasteiger partial charge in [0.25, 0.3) is 0 Å².